The molecule has 0 aliphatic rings. The van der Waals surface area contributed by atoms with E-state index in [0.717, 1.165) is 0 Å². The van der Waals surface area contributed by atoms with Crippen LogP contribution >= 0.6 is 0 Å². The summed E-state index contributed by atoms with van der Waals surface area (Å²) in [6.45, 7) is 0. The second kappa shape index (κ2) is 8.17. The predicted molar refractivity (Wildman–Crippen MR) is 97.7 cm³/mol. The fourth-order valence-corrected chi connectivity index (χ4v) is 2.49. The number of nitrogens with two attached hydrogens (primary N) is 2. The van der Waals surface area contributed by atoms with Gasteiger partial charge in [-0.15, -0.1) is 0 Å². The average Bonchev–Trinajstić information content (AvgIpc) is 2.66. The number of hydrogen-bond acceptors (Lipinski definition) is 9. The minimum absolute atomic E-state index is 0.0425. The number of rotatable bonds is 6. The lowest BCUT2D eigenvalue weighted by molar-refractivity contribution is 0.0394. The number of methoxy groups -OCH3 is 4. The van der Waals surface area contributed by atoms with E-state index in [4.69, 9.17) is 35.2 Å². The first kappa shape index (κ1) is 19.7. The van der Waals surface area contributed by atoms with E-state index in [1.165, 1.54) is 52.7 Å². The normalized spacial score (nSPS) is 10.1. The molecule has 0 fully saturated rings. The van der Waals surface area contributed by atoms with Crippen LogP contribution in [0.1, 0.15) is 20.7 Å². The van der Waals surface area contributed by atoms with Crippen molar-refractivity contribution in [2.75, 3.05) is 39.9 Å². The van der Waals surface area contributed by atoms with Crippen molar-refractivity contribution in [1.82, 2.24) is 0 Å². The molecular weight excluding hydrogens is 356 g/mol. The van der Waals surface area contributed by atoms with Crippen molar-refractivity contribution in [2.45, 2.75) is 0 Å². The summed E-state index contributed by atoms with van der Waals surface area (Å²) in [6, 6.07) is 5.91. The lowest BCUT2D eigenvalue weighted by Crippen LogP contribution is -2.18. The molecule has 2 rings (SSSR count). The molecule has 0 atom stereocenters. The molecule has 0 aromatic heterocycles. The Balaban J connectivity index is 2.45. The van der Waals surface area contributed by atoms with Gasteiger partial charge >= 0.3 is 11.9 Å². The van der Waals surface area contributed by atoms with Crippen molar-refractivity contribution in [3.05, 3.63) is 35.4 Å². The largest absolute Gasteiger partial charge is 0.493 e. The third kappa shape index (κ3) is 3.66. The van der Waals surface area contributed by atoms with Gasteiger partial charge in [0.2, 0.25) is 0 Å². The first-order valence-electron chi connectivity index (χ1n) is 7.66. The number of carbonyl (C=O) groups is 2. The van der Waals surface area contributed by atoms with Crippen molar-refractivity contribution >= 4 is 23.3 Å². The van der Waals surface area contributed by atoms with E-state index in [1.807, 2.05) is 0 Å². The Bertz CT molecular complexity index is 809. The van der Waals surface area contributed by atoms with Crippen LogP contribution in [0.5, 0.6) is 23.0 Å². The van der Waals surface area contributed by atoms with E-state index in [-0.39, 0.29) is 45.5 Å². The number of ether oxygens (including phenoxy) is 5. The molecular formula is C18H20N2O7. The Morgan fingerprint density at radius 3 is 1.33 bits per heavy atom. The number of hydrogen-bond donors (Lipinski definition) is 2. The number of anilines is 2. The maximum absolute atomic E-state index is 12.6. The third-order valence-electron chi connectivity index (χ3n) is 3.75. The van der Waals surface area contributed by atoms with Gasteiger partial charge in [0.15, 0.2) is 23.0 Å². The zero-order valence-electron chi connectivity index (χ0n) is 15.3. The van der Waals surface area contributed by atoms with E-state index < -0.39 is 11.9 Å². The number of nitrogen functional groups attached to an aromatic ring is 2. The van der Waals surface area contributed by atoms with Crippen molar-refractivity contribution in [2.24, 2.45) is 0 Å². The van der Waals surface area contributed by atoms with Crippen LogP contribution in [-0.4, -0.2) is 40.4 Å². The first-order valence-corrected chi connectivity index (χ1v) is 7.66. The molecule has 0 saturated carbocycles. The molecule has 0 saturated heterocycles. The highest BCUT2D eigenvalue weighted by atomic mass is 16.6. The topological polar surface area (TPSA) is 132 Å². The van der Waals surface area contributed by atoms with E-state index in [9.17, 15) is 9.59 Å². The van der Waals surface area contributed by atoms with Crippen LogP contribution in [0.25, 0.3) is 0 Å². The van der Waals surface area contributed by atoms with Crippen LogP contribution in [0.15, 0.2) is 24.3 Å². The summed E-state index contributed by atoms with van der Waals surface area (Å²) in [5, 5.41) is 0. The van der Waals surface area contributed by atoms with E-state index in [1.54, 1.807) is 0 Å². The number of benzene rings is 2. The van der Waals surface area contributed by atoms with Crippen LogP contribution < -0.4 is 30.4 Å². The Kier molecular flexibility index (Phi) is 5.96. The summed E-state index contributed by atoms with van der Waals surface area (Å²) >= 11 is 0. The average molecular weight is 376 g/mol. The van der Waals surface area contributed by atoms with E-state index in [0.29, 0.717) is 0 Å². The molecule has 0 aliphatic heterocycles. The Hall–Kier alpha value is -3.62. The molecule has 9 nitrogen and oxygen atoms in total. The van der Waals surface area contributed by atoms with Crippen molar-refractivity contribution in [3.8, 4) is 23.0 Å². The fraction of sp³-hybridized carbons (Fsp3) is 0.222. The highest BCUT2D eigenvalue weighted by molar-refractivity contribution is 6.09. The number of carbonyl (C=O) groups excluding carboxylic acids is 2. The summed E-state index contributed by atoms with van der Waals surface area (Å²) in [5.74, 6) is -1.47. The highest BCUT2D eigenvalue weighted by Crippen LogP contribution is 2.37. The van der Waals surface area contributed by atoms with Crippen molar-refractivity contribution < 1.29 is 33.3 Å². The maximum atomic E-state index is 12.6. The molecule has 0 amide bonds. The van der Waals surface area contributed by atoms with Gasteiger partial charge in [0, 0.05) is 0 Å². The summed E-state index contributed by atoms with van der Waals surface area (Å²) in [5.41, 5.74) is 11.5. The molecule has 0 heterocycles. The predicted octanol–water partition coefficient (Wildman–Crippen LogP) is 1.88. The minimum atomic E-state index is -1.03. The molecule has 4 N–H and O–H groups in total. The van der Waals surface area contributed by atoms with Gasteiger partial charge in [-0.25, -0.2) is 9.59 Å². The molecule has 0 aliphatic carbocycles. The lowest BCUT2D eigenvalue weighted by atomic mass is 10.1. The second-order valence-corrected chi connectivity index (χ2v) is 5.21. The van der Waals surface area contributed by atoms with Gasteiger partial charge in [-0.05, 0) is 24.3 Å². The highest BCUT2D eigenvalue weighted by Gasteiger charge is 2.28. The zero-order valence-corrected chi connectivity index (χ0v) is 15.3. The summed E-state index contributed by atoms with van der Waals surface area (Å²) in [4.78, 5) is 25.2. The van der Waals surface area contributed by atoms with Gasteiger partial charge in [-0.1, -0.05) is 0 Å². The molecule has 0 unspecified atom stereocenters. The monoisotopic (exact) mass is 376 g/mol. The van der Waals surface area contributed by atoms with Gasteiger partial charge in [0.05, 0.1) is 39.8 Å². The third-order valence-corrected chi connectivity index (χ3v) is 3.75. The van der Waals surface area contributed by atoms with Gasteiger partial charge in [-0.2, -0.15) is 0 Å². The van der Waals surface area contributed by atoms with Crippen LogP contribution in [-0.2, 0) is 4.74 Å². The lowest BCUT2D eigenvalue weighted by Gasteiger charge is -2.15. The Labute approximate surface area is 155 Å². The fourth-order valence-electron chi connectivity index (χ4n) is 2.49. The molecule has 2 aromatic carbocycles. The van der Waals surface area contributed by atoms with E-state index >= 15 is 0 Å². The Morgan fingerprint density at radius 1 is 0.667 bits per heavy atom. The molecule has 0 spiro atoms. The van der Waals surface area contributed by atoms with Gasteiger partial charge in [-0.3, -0.25) is 0 Å². The minimum Gasteiger partial charge on any atom is -0.493 e. The van der Waals surface area contributed by atoms with Crippen LogP contribution in [0.4, 0.5) is 11.4 Å². The number of esters is 2. The molecule has 0 radical (unpaired) electrons. The Morgan fingerprint density at radius 2 is 1.04 bits per heavy atom. The molecule has 0 bridgehead atoms. The first-order chi connectivity index (χ1) is 12.9. The molecule has 144 valence electrons. The van der Waals surface area contributed by atoms with Gasteiger partial charge < -0.3 is 35.2 Å². The smallest absolute Gasteiger partial charge is 0.352 e. The maximum Gasteiger partial charge on any atom is 0.352 e. The molecule has 2 aromatic rings. The van der Waals surface area contributed by atoms with Crippen LogP contribution in [0.2, 0.25) is 0 Å². The van der Waals surface area contributed by atoms with E-state index in [2.05, 4.69) is 0 Å². The summed E-state index contributed by atoms with van der Waals surface area (Å²) < 4.78 is 25.6. The standard InChI is InChI=1S/C18H20N2O7/c1-23-11-7-5-9(19)13(15(11)25-3)17(21)27-18(22)14-10(20)6-8-12(24-2)16(14)26-4/h5-8H,19-20H2,1-4H3. The van der Waals surface area contributed by atoms with Crippen LogP contribution in [0, 0.1) is 0 Å². The molecule has 27 heavy (non-hydrogen) atoms. The zero-order chi connectivity index (χ0) is 20.1. The van der Waals surface area contributed by atoms with Crippen molar-refractivity contribution in [3.63, 3.8) is 0 Å². The summed E-state index contributed by atoms with van der Waals surface area (Å²) in [6.07, 6.45) is 0. The van der Waals surface area contributed by atoms with Crippen molar-refractivity contribution in [1.29, 1.82) is 0 Å². The molecule has 9 heteroatoms. The SMILES string of the molecule is COc1ccc(N)c(C(=O)OC(=O)c2c(N)ccc(OC)c2OC)c1OC. The van der Waals surface area contributed by atoms with Crippen LogP contribution in [0.3, 0.4) is 0 Å². The summed E-state index contributed by atoms with van der Waals surface area (Å²) in [7, 11) is 5.46. The second-order valence-electron chi connectivity index (χ2n) is 5.21. The quantitative estimate of drug-likeness (QED) is 0.440. The van der Waals surface area contributed by atoms with Gasteiger partial charge in [0.1, 0.15) is 11.1 Å². The van der Waals surface area contributed by atoms with Gasteiger partial charge in [0.25, 0.3) is 0 Å².